The van der Waals surface area contributed by atoms with Gasteiger partial charge in [0.2, 0.25) is 23.8 Å². The smallest absolute Gasteiger partial charge is 0.248 e. The van der Waals surface area contributed by atoms with Crippen LogP contribution >= 0.6 is 0 Å². The maximum atomic E-state index is 11.7. The molecule has 2 heterocycles. The van der Waals surface area contributed by atoms with Crippen LogP contribution in [0.1, 0.15) is 60.9 Å². The molecule has 2 aromatic rings. The highest BCUT2D eigenvalue weighted by molar-refractivity contribution is 5.94. The number of primary amides is 1. The Labute approximate surface area is 201 Å². The van der Waals surface area contributed by atoms with Crippen molar-refractivity contribution in [3.8, 4) is 0 Å². The molecule has 1 amide bonds. The number of hydrogen-bond acceptors (Lipinski definition) is 8. The van der Waals surface area contributed by atoms with E-state index in [0.29, 0.717) is 35.4 Å². The highest BCUT2D eigenvalue weighted by atomic mass is 16.1. The molecule has 0 radical (unpaired) electrons. The largest absolute Gasteiger partial charge is 0.366 e. The van der Waals surface area contributed by atoms with Crippen LogP contribution in [0.2, 0.25) is 0 Å². The van der Waals surface area contributed by atoms with Gasteiger partial charge in [-0.15, -0.1) is 0 Å². The number of hydrogen-bond donors (Lipinski definition) is 5. The van der Waals surface area contributed by atoms with Gasteiger partial charge in [-0.1, -0.05) is 25.3 Å². The highest BCUT2D eigenvalue weighted by Crippen LogP contribution is 2.42. The van der Waals surface area contributed by atoms with Crippen LogP contribution in [0.4, 0.5) is 23.5 Å². The van der Waals surface area contributed by atoms with E-state index < -0.39 is 5.91 Å². The number of aryl methyl sites for hydroxylation is 1. The quantitative estimate of drug-likeness (QED) is 0.402. The second-order valence-corrected chi connectivity index (χ2v) is 10.3. The molecule has 5 rings (SSSR count). The van der Waals surface area contributed by atoms with E-state index in [1.165, 1.54) is 38.5 Å². The molecule has 0 spiro atoms. The van der Waals surface area contributed by atoms with E-state index >= 15 is 0 Å². The molecule has 2 bridgehead atoms. The molecule has 9 heteroatoms. The summed E-state index contributed by atoms with van der Waals surface area (Å²) in [5.74, 6) is 3.56. The van der Waals surface area contributed by atoms with Gasteiger partial charge < -0.3 is 27.0 Å². The van der Waals surface area contributed by atoms with Crippen LogP contribution in [0.15, 0.2) is 18.2 Å². The molecule has 182 valence electrons. The molecule has 6 N–H and O–H groups in total. The molecule has 3 atom stereocenters. The Kier molecular flexibility index (Phi) is 6.80. The molecule has 3 aliphatic rings. The third kappa shape index (κ3) is 5.58. The number of carbonyl (C=O) groups excluding carboxylic acids is 1. The summed E-state index contributed by atoms with van der Waals surface area (Å²) < 4.78 is 0. The van der Waals surface area contributed by atoms with E-state index in [0.717, 1.165) is 49.1 Å². The fourth-order valence-corrected chi connectivity index (χ4v) is 5.84. The number of anilines is 4. The molecule has 34 heavy (non-hydrogen) atoms. The zero-order chi connectivity index (χ0) is 23.5. The van der Waals surface area contributed by atoms with Crippen LogP contribution in [0.3, 0.4) is 0 Å². The lowest BCUT2D eigenvalue weighted by Gasteiger charge is -2.39. The number of aromatic nitrogens is 3. The SMILES string of the molecule is Cc1ccc(C(N)=O)cc1Nc1nc(NCC2CC3CCCC(C3)C2)nc(NC2CCNC2)n1. The average molecular weight is 465 g/mol. The Morgan fingerprint density at radius 1 is 1.06 bits per heavy atom. The number of amides is 1. The van der Waals surface area contributed by atoms with Crippen LogP contribution in [0, 0.1) is 24.7 Å². The second kappa shape index (κ2) is 10.1. The number of carbonyl (C=O) groups is 1. The molecular formula is C25H36N8O. The Hall–Kier alpha value is -2.94. The Balaban J connectivity index is 1.33. The zero-order valence-corrected chi connectivity index (χ0v) is 19.9. The predicted octanol–water partition coefficient (Wildman–Crippen LogP) is 3.42. The summed E-state index contributed by atoms with van der Waals surface area (Å²) in [5, 5.41) is 13.6. The Bertz CT molecular complexity index is 1010. The summed E-state index contributed by atoms with van der Waals surface area (Å²) in [6, 6.07) is 5.62. The van der Waals surface area contributed by atoms with E-state index in [4.69, 9.17) is 5.73 Å². The first-order chi connectivity index (χ1) is 16.5. The molecule has 9 nitrogen and oxygen atoms in total. The van der Waals surface area contributed by atoms with Gasteiger partial charge in [0.05, 0.1) is 0 Å². The third-order valence-electron chi connectivity index (χ3n) is 7.57. The van der Waals surface area contributed by atoms with Gasteiger partial charge in [-0.3, -0.25) is 4.79 Å². The number of nitrogens with two attached hydrogens (primary N) is 1. The summed E-state index contributed by atoms with van der Waals surface area (Å²) in [6.07, 6.45) is 9.24. The highest BCUT2D eigenvalue weighted by Gasteiger charge is 2.31. The maximum Gasteiger partial charge on any atom is 0.248 e. The lowest BCUT2D eigenvalue weighted by molar-refractivity contribution is 0.100. The number of rotatable bonds is 8. The first kappa shape index (κ1) is 22.8. The van der Waals surface area contributed by atoms with Crippen molar-refractivity contribution in [2.45, 2.75) is 57.9 Å². The van der Waals surface area contributed by atoms with Gasteiger partial charge in [0.15, 0.2) is 0 Å². The fourth-order valence-electron chi connectivity index (χ4n) is 5.84. The zero-order valence-electron chi connectivity index (χ0n) is 19.9. The van der Waals surface area contributed by atoms with Gasteiger partial charge >= 0.3 is 0 Å². The topological polar surface area (TPSA) is 130 Å². The molecule has 3 fully saturated rings. The van der Waals surface area contributed by atoms with Crippen molar-refractivity contribution in [2.75, 3.05) is 35.6 Å². The van der Waals surface area contributed by atoms with Crippen LogP contribution in [0.25, 0.3) is 0 Å². The van der Waals surface area contributed by atoms with Crippen molar-refractivity contribution in [1.29, 1.82) is 0 Å². The van der Waals surface area contributed by atoms with E-state index in [1.54, 1.807) is 12.1 Å². The summed E-state index contributed by atoms with van der Waals surface area (Å²) in [5.41, 5.74) is 7.65. The molecule has 1 saturated heterocycles. The first-order valence-electron chi connectivity index (χ1n) is 12.7. The van der Waals surface area contributed by atoms with E-state index in [9.17, 15) is 4.79 Å². The Morgan fingerprint density at radius 3 is 2.56 bits per heavy atom. The predicted molar refractivity (Wildman–Crippen MR) is 134 cm³/mol. The molecule has 3 unspecified atom stereocenters. The van der Waals surface area contributed by atoms with Crippen molar-refractivity contribution in [1.82, 2.24) is 20.3 Å². The lowest BCUT2D eigenvalue weighted by atomic mass is 9.68. The summed E-state index contributed by atoms with van der Waals surface area (Å²) in [6.45, 7) is 4.73. The van der Waals surface area contributed by atoms with Crippen molar-refractivity contribution >= 4 is 29.4 Å². The minimum absolute atomic E-state index is 0.292. The van der Waals surface area contributed by atoms with Crippen LogP contribution in [-0.4, -0.2) is 46.5 Å². The van der Waals surface area contributed by atoms with Crippen molar-refractivity contribution in [3.05, 3.63) is 29.3 Å². The van der Waals surface area contributed by atoms with Crippen LogP contribution in [-0.2, 0) is 0 Å². The van der Waals surface area contributed by atoms with Crippen molar-refractivity contribution in [2.24, 2.45) is 23.5 Å². The summed E-state index contributed by atoms with van der Waals surface area (Å²) in [4.78, 5) is 25.6. The minimum atomic E-state index is -0.464. The maximum absolute atomic E-state index is 11.7. The summed E-state index contributed by atoms with van der Waals surface area (Å²) >= 11 is 0. The average Bonchev–Trinajstić information content (AvgIpc) is 3.32. The standard InChI is InChI=1S/C25H36N8O/c1-15-5-6-19(22(26)34)12-21(15)30-25-32-23(31-24(33-25)29-20-7-8-27-14-20)28-13-18-10-16-3-2-4-17(9-16)11-18/h5-6,12,16-18,20,27H,2-4,7-11,13-14H2,1H3,(H2,26,34)(H3,28,29,30,31,32,33). The first-order valence-corrected chi connectivity index (χ1v) is 12.7. The van der Waals surface area contributed by atoms with E-state index in [-0.39, 0.29) is 0 Å². The normalized spacial score (nSPS) is 26.1. The van der Waals surface area contributed by atoms with Crippen molar-refractivity contribution < 1.29 is 4.79 Å². The van der Waals surface area contributed by atoms with Gasteiger partial charge in [0.25, 0.3) is 0 Å². The molecule has 2 saturated carbocycles. The lowest BCUT2D eigenvalue weighted by Crippen LogP contribution is -2.30. The van der Waals surface area contributed by atoms with Gasteiger partial charge in [-0.2, -0.15) is 15.0 Å². The fraction of sp³-hybridized carbons (Fsp3) is 0.600. The number of nitrogens with zero attached hydrogens (tertiary/aromatic N) is 3. The van der Waals surface area contributed by atoms with Crippen LogP contribution in [0.5, 0.6) is 0 Å². The van der Waals surface area contributed by atoms with Crippen molar-refractivity contribution in [3.63, 3.8) is 0 Å². The van der Waals surface area contributed by atoms with E-state index in [2.05, 4.69) is 36.2 Å². The third-order valence-corrected chi connectivity index (χ3v) is 7.57. The molecular weight excluding hydrogens is 428 g/mol. The number of benzene rings is 1. The number of fused-ring (bicyclic) bond motifs is 2. The molecule has 1 aromatic heterocycles. The minimum Gasteiger partial charge on any atom is -0.366 e. The monoisotopic (exact) mass is 464 g/mol. The number of nitrogens with one attached hydrogen (secondary N) is 4. The summed E-state index contributed by atoms with van der Waals surface area (Å²) in [7, 11) is 0. The second-order valence-electron chi connectivity index (χ2n) is 10.3. The molecule has 1 aliphatic heterocycles. The van der Waals surface area contributed by atoms with Gasteiger partial charge in [0.1, 0.15) is 0 Å². The van der Waals surface area contributed by atoms with Gasteiger partial charge in [-0.05, 0) is 74.6 Å². The van der Waals surface area contributed by atoms with Gasteiger partial charge in [-0.25, -0.2) is 0 Å². The molecule has 2 aliphatic carbocycles. The molecule has 1 aromatic carbocycles. The van der Waals surface area contributed by atoms with Gasteiger partial charge in [0, 0.05) is 30.4 Å². The van der Waals surface area contributed by atoms with E-state index in [1.807, 2.05) is 13.0 Å². The Morgan fingerprint density at radius 2 is 1.82 bits per heavy atom. The van der Waals surface area contributed by atoms with Crippen LogP contribution < -0.4 is 27.0 Å².